The van der Waals surface area contributed by atoms with Crippen LogP contribution < -0.4 is 14.1 Å². The molecular formula is C19H15ClF2NO3P. The molecule has 0 saturated carbocycles. The Bertz CT molecular complexity index is 964. The number of aryl methyl sites for hydroxylation is 1. The molecule has 0 radical (unpaired) electrons. The minimum absolute atomic E-state index is 0.302. The van der Waals surface area contributed by atoms with Gasteiger partial charge in [0.05, 0.1) is 0 Å². The first kappa shape index (κ1) is 19.2. The molecule has 8 heteroatoms. The normalized spacial score (nSPS) is 11.1. The average Bonchev–Trinajstić information content (AvgIpc) is 2.62. The van der Waals surface area contributed by atoms with Gasteiger partial charge in [0, 0.05) is 10.7 Å². The molecular weight excluding hydrogens is 395 g/mol. The van der Waals surface area contributed by atoms with Crippen molar-refractivity contribution in [2.45, 2.75) is 6.92 Å². The van der Waals surface area contributed by atoms with E-state index in [1.807, 2.05) is 0 Å². The van der Waals surface area contributed by atoms with E-state index in [0.717, 1.165) is 12.1 Å². The van der Waals surface area contributed by atoms with Crippen LogP contribution in [0.5, 0.6) is 11.5 Å². The zero-order valence-electron chi connectivity index (χ0n) is 14.2. The number of hydrogen-bond donors (Lipinski definition) is 1. The Morgan fingerprint density at radius 2 is 1.41 bits per heavy atom. The van der Waals surface area contributed by atoms with Gasteiger partial charge in [0.15, 0.2) is 23.1 Å². The fraction of sp³-hybridized carbons (Fsp3) is 0.0526. The van der Waals surface area contributed by atoms with Crippen LogP contribution in [0.15, 0.2) is 66.7 Å². The number of benzene rings is 3. The molecule has 0 heterocycles. The molecule has 0 aliphatic heterocycles. The van der Waals surface area contributed by atoms with Gasteiger partial charge in [0.1, 0.15) is 0 Å². The Hall–Kier alpha value is -2.56. The van der Waals surface area contributed by atoms with Crippen LogP contribution in [0, 0.1) is 18.6 Å². The summed E-state index contributed by atoms with van der Waals surface area (Å²) in [5.41, 5.74) is 1.03. The maximum atomic E-state index is 14.0. The third-order valence-electron chi connectivity index (χ3n) is 3.57. The SMILES string of the molecule is Cc1ccc(Cl)cc1NP(=O)(Oc1ccccc1F)Oc1ccccc1F. The number of halogens is 3. The van der Waals surface area contributed by atoms with Gasteiger partial charge in [-0.2, -0.15) is 0 Å². The van der Waals surface area contributed by atoms with E-state index in [1.165, 1.54) is 42.5 Å². The van der Waals surface area contributed by atoms with Crippen molar-refractivity contribution in [3.05, 3.63) is 89.0 Å². The number of rotatable bonds is 6. The first-order chi connectivity index (χ1) is 12.9. The van der Waals surface area contributed by atoms with Gasteiger partial charge in [-0.3, -0.25) is 5.09 Å². The van der Waals surface area contributed by atoms with Gasteiger partial charge in [0.25, 0.3) is 0 Å². The molecule has 3 aromatic rings. The fourth-order valence-electron chi connectivity index (χ4n) is 2.22. The van der Waals surface area contributed by atoms with E-state index in [1.54, 1.807) is 19.1 Å². The Labute approximate surface area is 160 Å². The Morgan fingerprint density at radius 1 is 0.889 bits per heavy atom. The first-order valence-corrected chi connectivity index (χ1v) is 9.81. The summed E-state index contributed by atoms with van der Waals surface area (Å²) in [6.45, 7) is 1.75. The van der Waals surface area contributed by atoms with Crippen molar-refractivity contribution in [2.75, 3.05) is 5.09 Å². The van der Waals surface area contributed by atoms with E-state index in [-0.39, 0.29) is 11.5 Å². The Kier molecular flexibility index (Phi) is 5.68. The molecule has 0 saturated heterocycles. The Morgan fingerprint density at radius 3 is 1.93 bits per heavy atom. The summed E-state index contributed by atoms with van der Waals surface area (Å²) < 4.78 is 52.0. The summed E-state index contributed by atoms with van der Waals surface area (Å²) in [6.07, 6.45) is 0. The third-order valence-corrected chi connectivity index (χ3v) is 5.19. The highest BCUT2D eigenvalue weighted by molar-refractivity contribution is 7.56. The first-order valence-electron chi connectivity index (χ1n) is 7.89. The lowest BCUT2D eigenvalue weighted by atomic mass is 10.2. The predicted molar refractivity (Wildman–Crippen MR) is 101 cm³/mol. The van der Waals surface area contributed by atoms with E-state index >= 15 is 0 Å². The molecule has 140 valence electrons. The smallest absolute Gasteiger partial charge is 0.397 e. The van der Waals surface area contributed by atoms with Gasteiger partial charge in [-0.1, -0.05) is 41.9 Å². The monoisotopic (exact) mass is 409 g/mol. The van der Waals surface area contributed by atoms with Crippen molar-refractivity contribution in [3.8, 4) is 11.5 Å². The largest absolute Gasteiger partial charge is 0.541 e. The van der Waals surface area contributed by atoms with Crippen LogP contribution in [0.4, 0.5) is 14.5 Å². The van der Waals surface area contributed by atoms with Crippen molar-refractivity contribution in [2.24, 2.45) is 0 Å². The van der Waals surface area contributed by atoms with Crippen LogP contribution in [0.3, 0.4) is 0 Å². The van der Waals surface area contributed by atoms with Gasteiger partial charge < -0.3 is 9.05 Å². The quantitative estimate of drug-likeness (QED) is 0.466. The van der Waals surface area contributed by atoms with Gasteiger partial charge in [-0.25, -0.2) is 13.3 Å². The molecule has 0 unspecified atom stereocenters. The van der Waals surface area contributed by atoms with Crippen molar-refractivity contribution in [1.82, 2.24) is 0 Å². The molecule has 0 spiro atoms. The lowest BCUT2D eigenvalue weighted by molar-refractivity contribution is 0.373. The molecule has 3 rings (SSSR count). The van der Waals surface area contributed by atoms with Crippen molar-refractivity contribution >= 4 is 25.0 Å². The van der Waals surface area contributed by atoms with E-state index < -0.39 is 19.4 Å². The summed E-state index contributed by atoms with van der Waals surface area (Å²) >= 11 is 5.99. The number of hydrogen-bond acceptors (Lipinski definition) is 3. The second-order valence-electron chi connectivity index (χ2n) is 5.61. The highest BCUT2D eigenvalue weighted by Crippen LogP contribution is 2.50. The molecule has 3 aromatic carbocycles. The van der Waals surface area contributed by atoms with E-state index in [9.17, 15) is 13.3 Å². The van der Waals surface area contributed by atoms with Gasteiger partial charge in [0.2, 0.25) is 0 Å². The minimum Gasteiger partial charge on any atom is -0.397 e. The topological polar surface area (TPSA) is 47.6 Å². The summed E-state index contributed by atoms with van der Waals surface area (Å²) in [5.74, 6) is -2.08. The van der Waals surface area contributed by atoms with Gasteiger partial charge in [-0.15, -0.1) is 0 Å². The van der Waals surface area contributed by atoms with Crippen molar-refractivity contribution in [1.29, 1.82) is 0 Å². The van der Waals surface area contributed by atoms with Crippen LogP contribution in [0.1, 0.15) is 5.56 Å². The van der Waals surface area contributed by atoms with Crippen LogP contribution in [0.25, 0.3) is 0 Å². The van der Waals surface area contributed by atoms with Gasteiger partial charge in [-0.05, 0) is 48.9 Å². The molecule has 27 heavy (non-hydrogen) atoms. The lowest BCUT2D eigenvalue weighted by Crippen LogP contribution is -2.12. The number of nitrogens with one attached hydrogen (secondary N) is 1. The Balaban J connectivity index is 2.00. The molecule has 0 aliphatic carbocycles. The molecule has 0 bridgehead atoms. The molecule has 0 amide bonds. The zero-order chi connectivity index (χ0) is 19.4. The maximum Gasteiger partial charge on any atom is 0.541 e. The second kappa shape index (κ2) is 7.99. The van der Waals surface area contributed by atoms with Crippen molar-refractivity contribution < 1.29 is 22.4 Å². The predicted octanol–water partition coefficient (Wildman–Crippen LogP) is 6.60. The minimum atomic E-state index is -4.27. The maximum absolute atomic E-state index is 14.0. The number of anilines is 1. The second-order valence-corrected chi connectivity index (χ2v) is 7.63. The summed E-state index contributed by atoms with van der Waals surface area (Å²) in [6, 6.07) is 15.7. The molecule has 0 aliphatic rings. The molecule has 0 fully saturated rings. The van der Waals surface area contributed by atoms with Crippen LogP contribution in [-0.2, 0) is 4.57 Å². The standard InChI is InChI=1S/C19H15ClF2NO3P/c1-13-10-11-14(20)12-17(13)23-27(24,25-18-8-4-2-6-15(18)21)26-19-9-5-3-7-16(19)22/h2-12H,1H3,(H,23,24). The molecule has 0 aromatic heterocycles. The lowest BCUT2D eigenvalue weighted by Gasteiger charge is -2.22. The molecule has 0 atom stereocenters. The molecule has 4 nitrogen and oxygen atoms in total. The molecule has 1 N–H and O–H groups in total. The van der Waals surface area contributed by atoms with Crippen LogP contribution in [0.2, 0.25) is 5.02 Å². The fourth-order valence-corrected chi connectivity index (χ4v) is 3.87. The summed E-state index contributed by atoms with van der Waals surface area (Å²) in [5, 5.41) is 2.99. The van der Waals surface area contributed by atoms with Gasteiger partial charge >= 0.3 is 7.75 Å². The third kappa shape index (κ3) is 4.79. The highest BCUT2D eigenvalue weighted by atomic mass is 35.5. The van der Waals surface area contributed by atoms with E-state index in [4.69, 9.17) is 20.6 Å². The highest BCUT2D eigenvalue weighted by Gasteiger charge is 2.32. The van der Waals surface area contributed by atoms with Crippen LogP contribution >= 0.6 is 19.3 Å². The summed E-state index contributed by atoms with van der Waals surface area (Å²) in [4.78, 5) is 0. The zero-order valence-corrected chi connectivity index (χ0v) is 15.8. The van der Waals surface area contributed by atoms with E-state index in [0.29, 0.717) is 16.3 Å². The average molecular weight is 410 g/mol. The summed E-state index contributed by atoms with van der Waals surface area (Å²) in [7, 11) is -4.27. The number of para-hydroxylation sites is 2. The van der Waals surface area contributed by atoms with Crippen LogP contribution in [-0.4, -0.2) is 0 Å². The van der Waals surface area contributed by atoms with Crippen molar-refractivity contribution in [3.63, 3.8) is 0 Å². The van der Waals surface area contributed by atoms with E-state index in [2.05, 4.69) is 5.09 Å².